The Bertz CT molecular complexity index is 5070. The number of carboxylic acids is 2. The van der Waals surface area contributed by atoms with Crippen molar-refractivity contribution in [1.29, 1.82) is 0 Å². The maximum absolute atomic E-state index is 16.1. The third-order valence-corrected chi connectivity index (χ3v) is 28.2. The van der Waals surface area contributed by atoms with Gasteiger partial charge in [0.05, 0.1) is 47.8 Å². The topological polar surface area (TPSA) is 434 Å². The van der Waals surface area contributed by atoms with Gasteiger partial charge < -0.3 is 82.2 Å². The summed E-state index contributed by atoms with van der Waals surface area (Å²) >= 11 is 0. The second kappa shape index (κ2) is 34.4. The zero-order valence-electron chi connectivity index (χ0n) is 69.9. The molecule has 16 atom stereocenters. The second-order valence-electron chi connectivity index (χ2n) is 37.1. The third-order valence-electron chi connectivity index (χ3n) is 28.2. The zero-order valence-corrected chi connectivity index (χ0v) is 69.9. The molecular weight excluding hydrogens is 1590 g/mol. The normalized spacial score (nSPS) is 30.3. The van der Waals surface area contributed by atoms with Crippen molar-refractivity contribution in [2.24, 2.45) is 34.5 Å². The molecule has 20 bridgehead atoms. The molecule has 2 aromatic heterocycles. The van der Waals surface area contributed by atoms with E-state index in [0.29, 0.717) is 96.5 Å². The maximum Gasteiger partial charge on any atom is 0.326 e. The van der Waals surface area contributed by atoms with Gasteiger partial charge in [-0.05, 0) is 197 Å². The molecular formula is C92H108N16O16. The summed E-state index contributed by atoms with van der Waals surface area (Å²) in [6.45, 7) is 2.84. The number of aliphatic carboxylic acids is 2. The summed E-state index contributed by atoms with van der Waals surface area (Å²) in [6.07, 6.45) is 9.30. The van der Waals surface area contributed by atoms with Crippen molar-refractivity contribution in [2.45, 2.75) is 226 Å². The molecule has 12 N–H and O–H groups in total. The van der Waals surface area contributed by atoms with E-state index in [2.05, 4.69) is 63.2 Å². The molecule has 2 saturated heterocycles. The van der Waals surface area contributed by atoms with Crippen LogP contribution in [-0.2, 0) is 86.8 Å². The molecule has 6 aliphatic heterocycles. The lowest BCUT2D eigenvalue weighted by Crippen LogP contribution is -2.67. The zero-order chi connectivity index (χ0) is 86.7. The van der Waals surface area contributed by atoms with Gasteiger partial charge in [0.2, 0.25) is 47.3 Å². The summed E-state index contributed by atoms with van der Waals surface area (Å²) in [6, 6.07) is 25.7. The maximum atomic E-state index is 16.1. The van der Waals surface area contributed by atoms with Crippen molar-refractivity contribution < 1.29 is 77.8 Å². The minimum atomic E-state index is -1.54. The van der Waals surface area contributed by atoms with Crippen LogP contribution in [0.4, 0.5) is 0 Å². The number of rotatable bonds is 16. The van der Waals surface area contributed by atoms with Crippen molar-refractivity contribution in [2.75, 3.05) is 27.2 Å². The van der Waals surface area contributed by atoms with Crippen LogP contribution >= 0.6 is 0 Å². The van der Waals surface area contributed by atoms with E-state index in [-0.39, 0.29) is 101 Å². The number of amides is 8. The minimum Gasteiger partial charge on any atom is -0.487 e. The third kappa shape index (κ3) is 17.8. The molecule has 14 aliphatic rings. The van der Waals surface area contributed by atoms with Crippen LogP contribution in [0.2, 0.25) is 0 Å². The van der Waals surface area contributed by atoms with Crippen LogP contribution in [-0.4, -0.2) is 218 Å². The molecule has 32 nitrogen and oxygen atoms in total. The van der Waals surface area contributed by atoms with Crippen LogP contribution < -0.4 is 52.0 Å². The number of carboxylic acid groups (broad SMARTS) is 2. The number of benzene rings is 6. The number of ether oxygens (including phenoxy) is 2. The van der Waals surface area contributed by atoms with Gasteiger partial charge in [-0.25, -0.2) is 19.0 Å². The quantitative estimate of drug-likeness (QED) is 0.0614. The summed E-state index contributed by atoms with van der Waals surface area (Å²) in [5, 5.41) is 91.5. The number of nitrogens with zero attached hydrogens (tertiary/aromatic N) is 8. The summed E-state index contributed by atoms with van der Waals surface area (Å²) in [5.74, 6) is -6.80. The van der Waals surface area contributed by atoms with Crippen LogP contribution in [0, 0.1) is 34.5 Å². The lowest BCUT2D eigenvalue weighted by atomic mass is 9.46. The number of nitrogens with one attached hydrogen (secondary N) is 8. The van der Waals surface area contributed by atoms with Crippen LogP contribution in [0.1, 0.15) is 149 Å². The van der Waals surface area contributed by atoms with Gasteiger partial charge in [-0.15, -0.1) is 10.2 Å². The first-order valence-corrected chi connectivity index (χ1v) is 43.4. The van der Waals surface area contributed by atoms with E-state index >= 15 is 28.8 Å². The van der Waals surface area contributed by atoms with E-state index in [1.807, 2.05) is 84.9 Å². The Morgan fingerprint density at radius 2 is 0.847 bits per heavy atom. The highest BCUT2D eigenvalue weighted by Crippen LogP contribution is 2.65. The molecule has 8 saturated carbocycles. The van der Waals surface area contributed by atoms with Crippen LogP contribution in [0.5, 0.6) is 11.5 Å². The first-order valence-electron chi connectivity index (χ1n) is 43.4. The first kappa shape index (κ1) is 84.5. The molecule has 8 aromatic rings. The molecule has 10 fully saturated rings. The highest BCUT2D eigenvalue weighted by Gasteiger charge is 2.65. The SMILES string of the molecule is CN[C@@H](C)C(=O)N[C@H](C(=O)N1C[C@@H]2C[C@H]1C(=O)N[C@@H](Cc1ccc3ccccc3c1)C(=O)N[C@H](C(=O)O)Cc1ccc(cc1)OCc1cn(nn1)[C@H]1C[C@@H](C(=O)N[C@@H](Cc3ccc4ccccc4c3)C(=O)N[C@H](C(=O)O)Cc3ccc(cc3)OCc3cn2nn3)N(C(=O)[C@@H](NC(=O)[C@H](C)NC)C23CC4CC(CC(O)(C4)C2)C3)C1)C12CC3CC(CC(O)(C3)C1)C2. The van der Waals surface area contributed by atoms with E-state index in [4.69, 9.17) is 9.47 Å². The molecule has 22 rings (SSSR count). The van der Waals surface area contributed by atoms with Crippen molar-refractivity contribution in [3.05, 3.63) is 179 Å². The number of aliphatic hydroxyl groups is 2. The number of carbonyl (C=O) groups is 10. The van der Waals surface area contributed by atoms with Crippen molar-refractivity contribution in [3.8, 4) is 11.5 Å². The van der Waals surface area contributed by atoms with Gasteiger partial charge in [0.1, 0.15) is 84.4 Å². The Balaban J connectivity index is 0.694. The number of likely N-dealkylation sites (tertiary alicyclic amines) is 2. The van der Waals surface area contributed by atoms with Crippen molar-refractivity contribution in [3.63, 3.8) is 0 Å². The Kier molecular flexibility index (Phi) is 23.4. The second-order valence-corrected chi connectivity index (χ2v) is 37.1. The van der Waals surface area contributed by atoms with Crippen molar-refractivity contribution >= 4 is 80.7 Å². The smallest absolute Gasteiger partial charge is 0.326 e. The molecule has 8 heterocycles. The number of aromatic nitrogens is 6. The molecule has 32 heteroatoms. The minimum absolute atomic E-state index is 0.0604. The van der Waals surface area contributed by atoms with E-state index in [1.165, 1.54) is 19.2 Å². The lowest BCUT2D eigenvalue weighted by Gasteiger charge is -2.62. The summed E-state index contributed by atoms with van der Waals surface area (Å²) < 4.78 is 15.6. The summed E-state index contributed by atoms with van der Waals surface area (Å²) in [4.78, 5) is 153. The molecule has 0 spiro atoms. The Hall–Kier alpha value is -11.7. The van der Waals surface area contributed by atoms with Crippen LogP contribution in [0.25, 0.3) is 21.5 Å². The monoisotopic (exact) mass is 1690 g/mol. The van der Waals surface area contributed by atoms with Gasteiger partial charge in [-0.3, -0.25) is 38.4 Å². The summed E-state index contributed by atoms with van der Waals surface area (Å²) in [5.41, 5.74) is -0.970. The van der Waals surface area contributed by atoms with Gasteiger partial charge >= 0.3 is 11.9 Å². The molecule has 652 valence electrons. The fourth-order valence-electron chi connectivity index (χ4n) is 22.8. The number of fused-ring (bicyclic) bond motifs is 2. The molecule has 6 aromatic carbocycles. The van der Waals surface area contributed by atoms with Crippen LogP contribution in [0.15, 0.2) is 146 Å². The lowest BCUT2D eigenvalue weighted by molar-refractivity contribution is -0.182. The Labute approximate surface area is 716 Å². The van der Waals surface area contributed by atoms with E-state index < -0.39 is 154 Å². The number of carbonyl (C=O) groups excluding carboxylic acids is 8. The van der Waals surface area contributed by atoms with E-state index in [1.54, 1.807) is 88.9 Å². The summed E-state index contributed by atoms with van der Waals surface area (Å²) in [7, 11) is 3.27. The van der Waals surface area contributed by atoms with Gasteiger partial charge in [-0.1, -0.05) is 120 Å². The standard InChI is InChI=1S/C92H108N16O16/c1-51(93-3)79(109)99-77(89-35-57-25-58(36-89)40-91(121,39-57)49-89)85(115)105-45-67-33-75(105)83(113)95-71(31-55-13-19-61-9-5-7-11-63(61)27-55)81(111)97-73(87(117)118)29-53-17-23-70(24-18-53)124-48-66-44-108(104-102-66)68-34-76(106(46-68)86(116)78(100-80(110)52(2)94-4)90-37-59-26-60(38-90)42-92(122,41-59)50-90)84(114)96-72(32-56-14-20-62-10-6-8-12-64(62)28-56)82(112)98-74(88(119)120)30-54-15-21-69(22-16-54)123-47-65-43-107(67)103-101-65/h5-24,27-28,43-44,51-52,57-60,67-68,71-78,93-94,121-122H,25-26,29-42,45-50H2,1-4H3,(H,95,113)(H,96,114)(H,97,111)(H,98,112)(H,99,109)(H,100,110)(H,117,118)(H,119,120)/t51-,52-,57?,58?,59?,60?,67-,68-,71-,72-,73-,74-,75-,76-,77+,78+,89?,90?,91?,92?/m0/s1. The van der Waals surface area contributed by atoms with Gasteiger partial charge in [-0.2, -0.15) is 0 Å². The highest BCUT2D eigenvalue weighted by molar-refractivity contribution is 5.99. The van der Waals surface area contributed by atoms with Gasteiger partial charge in [0, 0.05) is 62.4 Å². The predicted octanol–water partition coefficient (Wildman–Crippen LogP) is 4.86. The molecule has 124 heavy (non-hydrogen) atoms. The van der Waals surface area contributed by atoms with Crippen LogP contribution in [0.3, 0.4) is 0 Å². The van der Waals surface area contributed by atoms with Crippen molar-refractivity contribution in [1.82, 2.24) is 82.3 Å². The highest BCUT2D eigenvalue weighted by atomic mass is 16.5. The fraction of sp³-hybridized carbons (Fsp3) is 0.500. The van der Waals surface area contributed by atoms with E-state index in [0.717, 1.165) is 34.4 Å². The molecule has 8 amide bonds. The van der Waals surface area contributed by atoms with E-state index in [9.17, 15) is 39.6 Å². The average molecular weight is 1690 g/mol. The Morgan fingerprint density at radius 3 is 1.20 bits per heavy atom. The largest absolute Gasteiger partial charge is 0.487 e. The fourth-order valence-corrected chi connectivity index (χ4v) is 22.8. The predicted molar refractivity (Wildman–Crippen MR) is 451 cm³/mol. The first-order chi connectivity index (χ1) is 59.5. The van der Waals surface area contributed by atoms with Gasteiger partial charge in [0.25, 0.3) is 0 Å². The average Bonchev–Trinajstić information content (AvgIpc) is 0.859. The van der Waals surface area contributed by atoms with Gasteiger partial charge in [0.15, 0.2) is 0 Å². The Morgan fingerprint density at radius 1 is 0.476 bits per heavy atom. The number of likely N-dealkylation sites (N-methyl/N-ethyl adjacent to an activating group) is 2. The molecule has 4 unspecified atom stereocenters. The number of hydrogen-bond donors (Lipinski definition) is 12. The molecule has 8 aliphatic carbocycles. The number of hydrogen-bond acceptors (Lipinski definition) is 20. The molecule has 0 radical (unpaired) electrons.